The Kier molecular flexibility index (Phi) is 2.94. The molecule has 0 aliphatic heterocycles. The first-order valence-electron chi connectivity index (χ1n) is 3.29. The number of oxime groups is 1. The summed E-state index contributed by atoms with van der Waals surface area (Å²) in [7, 11) is 1.54. The van der Waals surface area contributed by atoms with Crippen molar-refractivity contribution < 1.29 is 9.94 Å². The highest BCUT2D eigenvalue weighted by Crippen LogP contribution is 2.24. The summed E-state index contributed by atoms with van der Waals surface area (Å²) in [5, 5.41) is 11.6. The van der Waals surface area contributed by atoms with Gasteiger partial charge in [-0.2, -0.15) is 0 Å². The number of hydrogen-bond acceptors (Lipinski definition) is 3. The Labute approximate surface area is 75.2 Å². The summed E-state index contributed by atoms with van der Waals surface area (Å²) in [5.74, 6) is 0.603. The van der Waals surface area contributed by atoms with E-state index in [1.165, 1.54) is 6.21 Å². The molecule has 0 aliphatic rings. The number of ether oxygens (including phenoxy) is 1. The summed E-state index contributed by atoms with van der Waals surface area (Å²) in [5.41, 5.74) is 0.725. The number of halogens is 1. The fraction of sp³-hybridized carbons (Fsp3) is 0.125. The summed E-state index contributed by atoms with van der Waals surface area (Å²) < 4.78 is 4.94. The van der Waals surface area contributed by atoms with Crippen molar-refractivity contribution in [1.82, 2.24) is 0 Å². The highest BCUT2D eigenvalue weighted by Gasteiger charge is 1.99. The zero-order valence-electron chi connectivity index (χ0n) is 6.49. The maximum atomic E-state index is 8.23. The number of benzene rings is 1. The molecule has 0 spiro atoms. The zero-order valence-corrected chi connectivity index (χ0v) is 7.25. The fourth-order valence-electron chi connectivity index (χ4n) is 0.830. The van der Waals surface area contributed by atoms with Gasteiger partial charge in [0.2, 0.25) is 0 Å². The summed E-state index contributed by atoms with van der Waals surface area (Å²) in [4.78, 5) is 0. The number of hydrogen-bond donors (Lipinski definition) is 1. The third-order valence-electron chi connectivity index (χ3n) is 1.38. The monoisotopic (exact) mass is 185 g/mol. The van der Waals surface area contributed by atoms with Gasteiger partial charge in [0.05, 0.1) is 18.3 Å². The summed E-state index contributed by atoms with van der Waals surface area (Å²) in [6.07, 6.45) is 1.30. The largest absolute Gasteiger partial charge is 0.495 e. The second kappa shape index (κ2) is 3.97. The van der Waals surface area contributed by atoms with Crippen LogP contribution < -0.4 is 4.74 Å². The lowest BCUT2D eigenvalue weighted by Crippen LogP contribution is -1.86. The zero-order chi connectivity index (χ0) is 8.97. The van der Waals surface area contributed by atoms with Crippen molar-refractivity contribution >= 4 is 17.8 Å². The third-order valence-corrected chi connectivity index (χ3v) is 1.68. The van der Waals surface area contributed by atoms with Crippen molar-refractivity contribution in [1.29, 1.82) is 0 Å². The normalized spacial score (nSPS) is 10.5. The molecule has 0 saturated carbocycles. The Hall–Kier alpha value is -1.22. The van der Waals surface area contributed by atoms with Crippen LogP contribution in [0.4, 0.5) is 0 Å². The highest BCUT2D eigenvalue weighted by molar-refractivity contribution is 6.32. The van der Waals surface area contributed by atoms with Gasteiger partial charge in [-0.15, -0.1) is 0 Å². The first kappa shape index (κ1) is 8.87. The Morgan fingerprint density at radius 3 is 2.83 bits per heavy atom. The van der Waals surface area contributed by atoms with Crippen molar-refractivity contribution in [2.75, 3.05) is 7.11 Å². The van der Waals surface area contributed by atoms with E-state index in [4.69, 9.17) is 21.5 Å². The van der Waals surface area contributed by atoms with Gasteiger partial charge in [-0.3, -0.25) is 0 Å². The Bertz CT molecular complexity index is 299. The van der Waals surface area contributed by atoms with E-state index < -0.39 is 0 Å². The van der Waals surface area contributed by atoms with Crippen LogP contribution in [-0.4, -0.2) is 18.5 Å². The molecule has 3 nitrogen and oxygen atoms in total. The molecule has 0 heterocycles. The lowest BCUT2D eigenvalue weighted by atomic mass is 10.2. The molecule has 0 saturated heterocycles. The summed E-state index contributed by atoms with van der Waals surface area (Å²) >= 11 is 5.80. The van der Waals surface area contributed by atoms with Crippen LogP contribution in [0.25, 0.3) is 0 Å². The van der Waals surface area contributed by atoms with E-state index in [9.17, 15) is 0 Å². The second-order valence-corrected chi connectivity index (χ2v) is 2.55. The van der Waals surface area contributed by atoms with Gasteiger partial charge in [0.1, 0.15) is 5.75 Å². The standard InChI is InChI=1S/C8H8ClNO2/c1-12-8-3-2-6(5-10-11)4-7(8)9/h2-5,11H,1H3/b10-5+. The van der Waals surface area contributed by atoms with E-state index in [0.29, 0.717) is 10.8 Å². The summed E-state index contributed by atoms with van der Waals surface area (Å²) in [6, 6.07) is 5.10. The van der Waals surface area contributed by atoms with Gasteiger partial charge in [-0.05, 0) is 23.8 Å². The van der Waals surface area contributed by atoms with Gasteiger partial charge in [0, 0.05) is 0 Å². The predicted molar refractivity (Wildman–Crippen MR) is 47.4 cm³/mol. The van der Waals surface area contributed by atoms with E-state index in [1.807, 2.05) is 0 Å². The molecular formula is C8H8ClNO2. The van der Waals surface area contributed by atoms with Gasteiger partial charge in [0.25, 0.3) is 0 Å². The molecule has 0 aromatic heterocycles. The molecule has 0 amide bonds. The molecule has 1 N–H and O–H groups in total. The van der Waals surface area contributed by atoms with Gasteiger partial charge in [0.15, 0.2) is 0 Å². The van der Waals surface area contributed by atoms with Gasteiger partial charge >= 0.3 is 0 Å². The van der Waals surface area contributed by atoms with Crippen LogP contribution in [0.2, 0.25) is 5.02 Å². The van der Waals surface area contributed by atoms with Crippen LogP contribution in [0.1, 0.15) is 5.56 Å². The number of nitrogens with zero attached hydrogens (tertiary/aromatic N) is 1. The molecule has 12 heavy (non-hydrogen) atoms. The quantitative estimate of drug-likeness (QED) is 0.436. The molecule has 1 aromatic carbocycles. The minimum atomic E-state index is 0.495. The minimum absolute atomic E-state index is 0.495. The Morgan fingerprint density at radius 1 is 1.58 bits per heavy atom. The molecule has 0 fully saturated rings. The lowest BCUT2D eigenvalue weighted by Gasteiger charge is -2.01. The molecule has 1 rings (SSSR count). The maximum absolute atomic E-state index is 8.23. The van der Waals surface area contributed by atoms with Crippen LogP contribution in [0.15, 0.2) is 23.4 Å². The molecule has 0 radical (unpaired) electrons. The number of rotatable bonds is 2. The van der Waals surface area contributed by atoms with E-state index >= 15 is 0 Å². The maximum Gasteiger partial charge on any atom is 0.137 e. The van der Waals surface area contributed by atoms with Crippen molar-refractivity contribution in [3.63, 3.8) is 0 Å². The van der Waals surface area contributed by atoms with Crippen molar-refractivity contribution in [3.05, 3.63) is 28.8 Å². The molecule has 0 unspecified atom stereocenters. The van der Waals surface area contributed by atoms with Crippen molar-refractivity contribution in [2.45, 2.75) is 0 Å². The van der Waals surface area contributed by atoms with Crippen LogP contribution in [0, 0.1) is 0 Å². The minimum Gasteiger partial charge on any atom is -0.495 e. The smallest absolute Gasteiger partial charge is 0.137 e. The van der Waals surface area contributed by atoms with Crippen LogP contribution in [-0.2, 0) is 0 Å². The SMILES string of the molecule is COc1ccc(/C=N/O)cc1Cl. The topological polar surface area (TPSA) is 41.8 Å². The van der Waals surface area contributed by atoms with E-state index in [0.717, 1.165) is 5.56 Å². The van der Waals surface area contributed by atoms with E-state index in [-0.39, 0.29) is 0 Å². The van der Waals surface area contributed by atoms with Gasteiger partial charge in [-0.25, -0.2) is 0 Å². The predicted octanol–water partition coefficient (Wildman–Crippen LogP) is 2.16. The van der Waals surface area contributed by atoms with Crippen molar-refractivity contribution in [3.8, 4) is 5.75 Å². The summed E-state index contributed by atoms with van der Waals surface area (Å²) in [6.45, 7) is 0. The second-order valence-electron chi connectivity index (χ2n) is 2.14. The molecule has 0 bridgehead atoms. The molecule has 4 heteroatoms. The van der Waals surface area contributed by atoms with E-state index in [1.54, 1.807) is 25.3 Å². The molecule has 1 aromatic rings. The van der Waals surface area contributed by atoms with Crippen LogP contribution in [0.5, 0.6) is 5.75 Å². The van der Waals surface area contributed by atoms with Gasteiger partial charge < -0.3 is 9.94 Å². The average Bonchev–Trinajstić information content (AvgIpc) is 2.05. The first-order valence-corrected chi connectivity index (χ1v) is 3.66. The van der Waals surface area contributed by atoms with Crippen LogP contribution >= 0.6 is 11.6 Å². The Morgan fingerprint density at radius 2 is 2.33 bits per heavy atom. The first-order chi connectivity index (χ1) is 5.77. The molecule has 64 valence electrons. The third kappa shape index (κ3) is 1.89. The molecule has 0 atom stereocenters. The molecule has 0 aliphatic carbocycles. The van der Waals surface area contributed by atoms with Crippen LogP contribution in [0.3, 0.4) is 0 Å². The van der Waals surface area contributed by atoms with Gasteiger partial charge in [-0.1, -0.05) is 16.8 Å². The van der Waals surface area contributed by atoms with E-state index in [2.05, 4.69) is 5.16 Å². The average molecular weight is 186 g/mol. The fourth-order valence-corrected chi connectivity index (χ4v) is 1.10. The lowest BCUT2D eigenvalue weighted by molar-refractivity contribution is 0.322. The van der Waals surface area contributed by atoms with Crippen molar-refractivity contribution in [2.24, 2.45) is 5.16 Å². The number of methoxy groups -OCH3 is 1. The Balaban J connectivity index is 3.01. The highest BCUT2D eigenvalue weighted by atomic mass is 35.5. The molecular weight excluding hydrogens is 178 g/mol.